The van der Waals surface area contributed by atoms with Gasteiger partial charge in [0, 0.05) is 44.1 Å². The second-order valence-corrected chi connectivity index (χ2v) is 10.9. The van der Waals surface area contributed by atoms with E-state index in [9.17, 15) is 0 Å². The lowest BCUT2D eigenvalue weighted by Crippen LogP contribution is -1.94. The van der Waals surface area contributed by atoms with Crippen LogP contribution in [0.1, 0.15) is 0 Å². The van der Waals surface area contributed by atoms with E-state index in [-0.39, 0.29) is 0 Å². The van der Waals surface area contributed by atoms with Crippen LogP contribution in [0.5, 0.6) is 0 Å². The van der Waals surface area contributed by atoms with E-state index >= 15 is 0 Å². The summed E-state index contributed by atoms with van der Waals surface area (Å²) in [4.78, 5) is 0. The Bertz CT molecular complexity index is 2700. The molecule has 0 spiro atoms. The lowest BCUT2D eigenvalue weighted by atomic mass is 9.96. The third kappa shape index (κ3) is 2.68. The average Bonchev–Trinajstić information content (AvgIpc) is 3.70. The quantitative estimate of drug-likeness (QED) is 0.200. The second kappa shape index (κ2) is 7.56. The van der Waals surface area contributed by atoms with Crippen LogP contribution in [0.2, 0.25) is 0 Å². The normalized spacial score (nSPS) is 12.4. The Morgan fingerprint density at radius 2 is 0.951 bits per heavy atom. The van der Waals surface area contributed by atoms with Crippen LogP contribution in [0.25, 0.3) is 92.9 Å². The molecule has 10 rings (SSSR count). The summed E-state index contributed by atoms with van der Waals surface area (Å²) < 4.78 is 15.4. The van der Waals surface area contributed by atoms with Crippen molar-refractivity contribution in [3.63, 3.8) is 0 Å². The number of nitrogens with zero attached hydrogens (tertiary/aromatic N) is 1. The second-order valence-electron chi connectivity index (χ2n) is 10.9. The van der Waals surface area contributed by atoms with Crippen molar-refractivity contribution in [3.8, 4) is 5.69 Å². The first-order valence-electron chi connectivity index (χ1n) is 13.9. The number of aromatic nitrogens is 1. The van der Waals surface area contributed by atoms with Crippen LogP contribution in [0.4, 0.5) is 0 Å². The van der Waals surface area contributed by atoms with E-state index in [1.165, 1.54) is 32.4 Å². The van der Waals surface area contributed by atoms with Gasteiger partial charge in [-0.1, -0.05) is 84.9 Å². The molecular weight excluding hydrogens is 502 g/mol. The van der Waals surface area contributed by atoms with Crippen molar-refractivity contribution >= 4 is 87.2 Å². The molecule has 0 aliphatic heterocycles. The van der Waals surface area contributed by atoms with Crippen molar-refractivity contribution < 1.29 is 8.83 Å². The molecule has 10 aromatic rings. The topological polar surface area (TPSA) is 31.2 Å². The maximum atomic E-state index is 6.66. The monoisotopic (exact) mass is 523 g/mol. The minimum Gasteiger partial charge on any atom is -0.456 e. The van der Waals surface area contributed by atoms with Crippen molar-refractivity contribution in [1.29, 1.82) is 0 Å². The molecule has 0 bridgehead atoms. The van der Waals surface area contributed by atoms with E-state index in [4.69, 9.17) is 8.83 Å². The van der Waals surface area contributed by atoms with E-state index in [0.717, 1.165) is 60.5 Å². The predicted molar refractivity (Wildman–Crippen MR) is 170 cm³/mol. The predicted octanol–water partition coefficient (Wildman–Crippen LogP) is 10.9. The van der Waals surface area contributed by atoms with Gasteiger partial charge in [-0.05, 0) is 52.6 Å². The summed E-state index contributed by atoms with van der Waals surface area (Å²) in [6.07, 6.45) is 0. The summed E-state index contributed by atoms with van der Waals surface area (Å²) in [6.45, 7) is 0. The third-order valence-electron chi connectivity index (χ3n) is 8.77. The smallest absolute Gasteiger partial charge is 0.145 e. The Balaban J connectivity index is 1.48. The standard InChI is InChI=1S/C38H21NO2/c1-3-13-28-23(9-1)24-10-2-4-14-29(24)37-35(28)36-31(20-19-30-26-12-6-8-16-33(26)41-38(30)36)39(37)22-17-18-27-25-11-5-7-15-32(25)40-34(27)21-22/h1-21H. The summed E-state index contributed by atoms with van der Waals surface area (Å²) in [5.74, 6) is 0. The zero-order valence-electron chi connectivity index (χ0n) is 21.9. The van der Waals surface area contributed by atoms with Crippen LogP contribution in [0.3, 0.4) is 0 Å². The molecule has 0 aliphatic rings. The number of fused-ring (bicyclic) bond motifs is 15. The molecule has 0 amide bonds. The van der Waals surface area contributed by atoms with Crippen LogP contribution in [-0.4, -0.2) is 4.57 Å². The molecule has 0 saturated heterocycles. The van der Waals surface area contributed by atoms with Crippen LogP contribution in [0, 0.1) is 0 Å². The Morgan fingerprint density at radius 1 is 0.390 bits per heavy atom. The van der Waals surface area contributed by atoms with Crippen LogP contribution in [-0.2, 0) is 0 Å². The van der Waals surface area contributed by atoms with Gasteiger partial charge in [0.25, 0.3) is 0 Å². The van der Waals surface area contributed by atoms with Gasteiger partial charge in [-0.15, -0.1) is 0 Å². The number of hydrogen-bond donors (Lipinski definition) is 0. The van der Waals surface area contributed by atoms with Crippen molar-refractivity contribution in [2.75, 3.05) is 0 Å². The fourth-order valence-electron chi connectivity index (χ4n) is 7.06. The molecular formula is C38H21NO2. The highest BCUT2D eigenvalue weighted by molar-refractivity contribution is 6.36. The fourth-order valence-corrected chi connectivity index (χ4v) is 7.06. The van der Waals surface area contributed by atoms with Gasteiger partial charge in [0.05, 0.1) is 16.4 Å². The molecule has 0 saturated carbocycles. The first kappa shape index (κ1) is 21.3. The average molecular weight is 524 g/mol. The van der Waals surface area contributed by atoms with E-state index in [2.05, 4.69) is 114 Å². The van der Waals surface area contributed by atoms with E-state index in [1.807, 2.05) is 18.2 Å². The molecule has 3 aromatic heterocycles. The molecule has 0 atom stereocenters. The van der Waals surface area contributed by atoms with Gasteiger partial charge in [0.1, 0.15) is 22.3 Å². The molecule has 0 N–H and O–H groups in total. The van der Waals surface area contributed by atoms with Crippen molar-refractivity contribution in [2.45, 2.75) is 0 Å². The first-order valence-corrected chi connectivity index (χ1v) is 13.9. The summed E-state index contributed by atoms with van der Waals surface area (Å²) in [5.41, 5.74) is 6.98. The number of furan rings is 2. The minimum absolute atomic E-state index is 0.883. The lowest BCUT2D eigenvalue weighted by molar-refractivity contribution is 0.668. The molecule has 0 radical (unpaired) electrons. The lowest BCUT2D eigenvalue weighted by Gasteiger charge is -2.12. The van der Waals surface area contributed by atoms with Gasteiger partial charge in [-0.25, -0.2) is 0 Å². The van der Waals surface area contributed by atoms with Gasteiger partial charge >= 0.3 is 0 Å². The molecule has 41 heavy (non-hydrogen) atoms. The highest BCUT2D eigenvalue weighted by Gasteiger charge is 2.23. The number of rotatable bonds is 1. The zero-order valence-corrected chi connectivity index (χ0v) is 21.9. The molecule has 7 aromatic carbocycles. The molecule has 0 fully saturated rings. The number of hydrogen-bond acceptors (Lipinski definition) is 2. The van der Waals surface area contributed by atoms with Gasteiger partial charge in [-0.2, -0.15) is 0 Å². The maximum Gasteiger partial charge on any atom is 0.145 e. The highest BCUT2D eigenvalue weighted by atomic mass is 16.3. The summed E-state index contributed by atoms with van der Waals surface area (Å²) in [5, 5.41) is 11.8. The Hall–Kier alpha value is -5.54. The number of para-hydroxylation sites is 2. The molecule has 3 heteroatoms. The molecule has 3 heterocycles. The van der Waals surface area contributed by atoms with Crippen molar-refractivity contribution in [1.82, 2.24) is 4.57 Å². The van der Waals surface area contributed by atoms with E-state index in [1.54, 1.807) is 0 Å². The van der Waals surface area contributed by atoms with Crippen LogP contribution in [0.15, 0.2) is 136 Å². The molecule has 190 valence electrons. The largest absolute Gasteiger partial charge is 0.456 e. The maximum absolute atomic E-state index is 6.66. The van der Waals surface area contributed by atoms with Crippen molar-refractivity contribution in [3.05, 3.63) is 127 Å². The van der Waals surface area contributed by atoms with Gasteiger partial charge in [0.2, 0.25) is 0 Å². The zero-order chi connectivity index (χ0) is 26.7. The molecule has 3 nitrogen and oxygen atoms in total. The number of benzene rings is 7. The summed E-state index contributed by atoms with van der Waals surface area (Å²) >= 11 is 0. The van der Waals surface area contributed by atoms with E-state index in [0.29, 0.717) is 0 Å². The molecule has 0 aliphatic carbocycles. The van der Waals surface area contributed by atoms with E-state index < -0.39 is 0 Å². The van der Waals surface area contributed by atoms with Gasteiger partial charge < -0.3 is 13.4 Å². The highest BCUT2D eigenvalue weighted by Crippen LogP contribution is 2.46. The summed E-state index contributed by atoms with van der Waals surface area (Å²) in [7, 11) is 0. The first-order chi connectivity index (χ1) is 20.3. The van der Waals surface area contributed by atoms with Gasteiger partial charge in [0.15, 0.2) is 0 Å². The Kier molecular flexibility index (Phi) is 3.93. The van der Waals surface area contributed by atoms with Crippen molar-refractivity contribution in [2.24, 2.45) is 0 Å². The van der Waals surface area contributed by atoms with Crippen LogP contribution < -0.4 is 0 Å². The molecule has 0 unspecified atom stereocenters. The Labute approximate surface area is 233 Å². The summed E-state index contributed by atoms with van der Waals surface area (Å²) in [6, 6.07) is 45.1. The minimum atomic E-state index is 0.883. The van der Waals surface area contributed by atoms with Gasteiger partial charge in [-0.3, -0.25) is 0 Å². The van der Waals surface area contributed by atoms with Crippen LogP contribution >= 0.6 is 0 Å². The third-order valence-corrected chi connectivity index (χ3v) is 8.77. The Morgan fingerprint density at radius 3 is 1.73 bits per heavy atom. The fraction of sp³-hybridized carbons (Fsp3) is 0. The SMILES string of the molecule is c1ccc2c(c1)oc1cc(-n3c4ccc5c6ccccc6oc5c4c4c5ccccc5c5ccccc5c43)ccc12.